The van der Waals surface area contributed by atoms with E-state index in [1.807, 2.05) is 6.07 Å². The molecule has 0 amide bonds. The van der Waals surface area contributed by atoms with Gasteiger partial charge < -0.3 is 13.4 Å². The van der Waals surface area contributed by atoms with Gasteiger partial charge in [0, 0.05) is 43.7 Å². The van der Waals surface area contributed by atoms with E-state index in [-0.39, 0.29) is 0 Å². The average Bonchev–Trinajstić information content (AvgIpc) is 4.00. The highest BCUT2D eigenvalue weighted by Gasteiger charge is 2.24. The Morgan fingerprint density at radius 1 is 0.295 bits per heavy atom. The molecule has 0 aliphatic heterocycles. The minimum Gasteiger partial charge on any atom is -0.456 e. The summed E-state index contributed by atoms with van der Waals surface area (Å²) in [5.41, 5.74) is 14.0. The third-order valence-corrected chi connectivity index (χ3v) is 12.6. The molecule has 13 aromatic rings. The Kier molecular flexibility index (Phi) is 7.31. The van der Waals surface area contributed by atoms with Gasteiger partial charge in [-0.15, -0.1) is 0 Å². The van der Waals surface area contributed by atoms with Crippen LogP contribution in [0, 0.1) is 0 Å². The van der Waals surface area contributed by atoms with E-state index in [0.717, 1.165) is 66.6 Å². The van der Waals surface area contributed by atoms with Gasteiger partial charge in [0.2, 0.25) is 0 Å². The Balaban J connectivity index is 1.07. The second-order valence-electron chi connectivity index (χ2n) is 15.9. The molecule has 284 valence electrons. The van der Waals surface area contributed by atoms with Crippen molar-refractivity contribution in [3.05, 3.63) is 212 Å². The summed E-state index contributed by atoms with van der Waals surface area (Å²) in [4.78, 5) is 0. The Bertz CT molecular complexity index is 3800. The lowest BCUT2D eigenvalue weighted by Gasteiger charge is -2.18. The molecule has 0 saturated heterocycles. The summed E-state index contributed by atoms with van der Waals surface area (Å²) in [6.45, 7) is 0. The van der Waals surface area contributed by atoms with Crippen LogP contribution in [0.4, 0.5) is 0 Å². The molecule has 3 nitrogen and oxygen atoms in total. The van der Waals surface area contributed by atoms with Crippen LogP contribution < -0.4 is 0 Å². The van der Waals surface area contributed by atoms with E-state index < -0.39 is 0 Å². The molecule has 61 heavy (non-hydrogen) atoms. The first-order valence-electron chi connectivity index (χ1n) is 20.8. The van der Waals surface area contributed by atoms with Crippen LogP contribution in [0.25, 0.3) is 127 Å². The molecule has 0 bridgehead atoms. The van der Waals surface area contributed by atoms with E-state index in [2.05, 4.69) is 211 Å². The summed E-state index contributed by atoms with van der Waals surface area (Å²) in [5, 5.41) is 10.4. The number of hydrogen-bond acceptors (Lipinski definition) is 2. The Morgan fingerprint density at radius 2 is 0.852 bits per heavy atom. The monoisotopic (exact) mass is 777 g/mol. The van der Waals surface area contributed by atoms with E-state index in [1.165, 1.54) is 60.0 Å². The van der Waals surface area contributed by atoms with Crippen LogP contribution in [0.2, 0.25) is 0 Å². The van der Waals surface area contributed by atoms with Gasteiger partial charge in [-0.1, -0.05) is 164 Å². The molecular weight excluding hydrogens is 743 g/mol. The standard InChI is InChI=1S/C58H35NO2/c1-4-17-36(18-5-1)55-47-34-52-48(35-53(47)61-58(55)37-19-6-2-7-20-37)57-45(28-16-30-51(57)60-52)56-43-26-12-10-24-41(43)54(42-25-11-13-27-44(42)56)38-31-32-50-46(33-38)40-23-14-15-29-49(40)59(50)39-21-8-3-9-22-39/h1-35H. The van der Waals surface area contributed by atoms with Gasteiger partial charge in [0.1, 0.15) is 22.5 Å². The van der Waals surface area contributed by atoms with Gasteiger partial charge in [0.15, 0.2) is 0 Å². The molecule has 0 radical (unpaired) electrons. The van der Waals surface area contributed by atoms with E-state index in [9.17, 15) is 0 Å². The molecule has 0 N–H and O–H groups in total. The Morgan fingerprint density at radius 3 is 1.56 bits per heavy atom. The van der Waals surface area contributed by atoms with Gasteiger partial charge in [0.25, 0.3) is 0 Å². The first-order valence-corrected chi connectivity index (χ1v) is 20.8. The number of furan rings is 2. The van der Waals surface area contributed by atoms with Crippen LogP contribution in [0.3, 0.4) is 0 Å². The molecular formula is C58H35NO2. The molecule has 3 aromatic heterocycles. The molecule has 13 rings (SSSR count). The van der Waals surface area contributed by atoms with Crippen molar-refractivity contribution in [1.29, 1.82) is 0 Å². The Labute approximate surface area is 350 Å². The molecule has 0 saturated carbocycles. The van der Waals surface area contributed by atoms with Crippen LogP contribution in [-0.4, -0.2) is 4.57 Å². The fraction of sp³-hybridized carbons (Fsp3) is 0. The van der Waals surface area contributed by atoms with Crippen LogP contribution in [0.1, 0.15) is 0 Å². The van der Waals surface area contributed by atoms with Crippen molar-refractivity contribution >= 4 is 76.3 Å². The summed E-state index contributed by atoms with van der Waals surface area (Å²) in [5.74, 6) is 0.856. The molecule has 0 aliphatic rings. The van der Waals surface area contributed by atoms with Crippen molar-refractivity contribution in [3.63, 3.8) is 0 Å². The van der Waals surface area contributed by atoms with Crippen LogP contribution >= 0.6 is 0 Å². The quantitative estimate of drug-likeness (QED) is 0.163. The van der Waals surface area contributed by atoms with Crippen molar-refractivity contribution in [2.45, 2.75) is 0 Å². The van der Waals surface area contributed by atoms with E-state index in [0.29, 0.717) is 0 Å². The number of fused-ring (bicyclic) bond motifs is 9. The van der Waals surface area contributed by atoms with Crippen LogP contribution in [0.5, 0.6) is 0 Å². The molecule has 3 heterocycles. The second-order valence-corrected chi connectivity index (χ2v) is 15.9. The van der Waals surface area contributed by atoms with Crippen molar-refractivity contribution < 1.29 is 8.83 Å². The highest BCUT2D eigenvalue weighted by molar-refractivity contribution is 6.27. The predicted octanol–water partition coefficient (Wildman–Crippen LogP) is 16.4. The minimum atomic E-state index is 0.830. The summed E-state index contributed by atoms with van der Waals surface area (Å²) < 4.78 is 16.0. The zero-order valence-corrected chi connectivity index (χ0v) is 33.0. The van der Waals surface area contributed by atoms with E-state index >= 15 is 0 Å². The number of para-hydroxylation sites is 2. The molecule has 0 spiro atoms. The largest absolute Gasteiger partial charge is 0.456 e. The lowest BCUT2D eigenvalue weighted by molar-refractivity contribution is 0.632. The predicted molar refractivity (Wildman–Crippen MR) is 255 cm³/mol. The maximum atomic E-state index is 6.86. The van der Waals surface area contributed by atoms with E-state index in [4.69, 9.17) is 8.83 Å². The van der Waals surface area contributed by atoms with Gasteiger partial charge in [-0.3, -0.25) is 0 Å². The van der Waals surface area contributed by atoms with Gasteiger partial charge in [-0.2, -0.15) is 0 Å². The maximum Gasteiger partial charge on any atom is 0.143 e. The smallest absolute Gasteiger partial charge is 0.143 e. The van der Waals surface area contributed by atoms with E-state index in [1.54, 1.807) is 0 Å². The third kappa shape index (κ3) is 5.04. The normalized spacial score (nSPS) is 11.9. The minimum absolute atomic E-state index is 0.830. The first kappa shape index (κ1) is 33.8. The SMILES string of the molecule is c1ccc(-c2oc3cc4c(cc3c2-c2ccccc2)oc2cccc(-c3c5ccccc5c(-c5ccc6c(c5)c5ccccc5n6-c5ccccc5)c5ccccc35)c24)cc1. The fourth-order valence-corrected chi connectivity index (χ4v) is 10.0. The first-order chi connectivity index (χ1) is 30.3. The zero-order chi connectivity index (χ0) is 40.0. The van der Waals surface area contributed by atoms with Gasteiger partial charge in [0.05, 0.1) is 11.0 Å². The number of hydrogen-bond donors (Lipinski definition) is 0. The second kappa shape index (κ2) is 13.2. The summed E-state index contributed by atoms with van der Waals surface area (Å²) in [7, 11) is 0. The number of benzene rings is 10. The maximum absolute atomic E-state index is 6.86. The molecule has 0 aliphatic carbocycles. The summed E-state index contributed by atoms with van der Waals surface area (Å²) in [6, 6.07) is 76.0. The lowest BCUT2D eigenvalue weighted by atomic mass is 9.84. The fourth-order valence-electron chi connectivity index (χ4n) is 10.0. The highest BCUT2D eigenvalue weighted by Crippen LogP contribution is 2.49. The summed E-state index contributed by atoms with van der Waals surface area (Å²) >= 11 is 0. The van der Waals surface area contributed by atoms with Crippen molar-refractivity contribution in [3.8, 4) is 50.4 Å². The van der Waals surface area contributed by atoms with Gasteiger partial charge in [-0.05, 0) is 97.9 Å². The molecule has 10 aromatic carbocycles. The lowest BCUT2D eigenvalue weighted by Crippen LogP contribution is -1.93. The van der Waals surface area contributed by atoms with Gasteiger partial charge in [-0.25, -0.2) is 0 Å². The topological polar surface area (TPSA) is 31.2 Å². The molecule has 0 fully saturated rings. The summed E-state index contributed by atoms with van der Waals surface area (Å²) in [6.07, 6.45) is 0. The molecule has 3 heteroatoms. The van der Waals surface area contributed by atoms with Gasteiger partial charge >= 0.3 is 0 Å². The third-order valence-electron chi connectivity index (χ3n) is 12.6. The number of aromatic nitrogens is 1. The average molecular weight is 778 g/mol. The van der Waals surface area contributed by atoms with Crippen molar-refractivity contribution in [1.82, 2.24) is 4.57 Å². The van der Waals surface area contributed by atoms with Crippen LogP contribution in [-0.2, 0) is 0 Å². The van der Waals surface area contributed by atoms with Crippen molar-refractivity contribution in [2.75, 3.05) is 0 Å². The zero-order valence-electron chi connectivity index (χ0n) is 33.0. The highest BCUT2D eigenvalue weighted by atomic mass is 16.3. The molecule has 0 atom stereocenters. The number of nitrogens with zero attached hydrogens (tertiary/aromatic N) is 1. The molecule has 0 unspecified atom stereocenters. The van der Waals surface area contributed by atoms with Crippen LogP contribution in [0.15, 0.2) is 221 Å². The number of rotatable bonds is 5. The Hall–Kier alpha value is -8.14. The van der Waals surface area contributed by atoms with Crippen molar-refractivity contribution in [2.24, 2.45) is 0 Å².